The van der Waals surface area contributed by atoms with Gasteiger partial charge in [0, 0.05) is 34.0 Å². The Hall–Kier alpha value is -2.39. The summed E-state index contributed by atoms with van der Waals surface area (Å²) in [6, 6.07) is 12.5. The number of carbonyl (C=O) groups excluding carboxylic acids is 1. The van der Waals surface area contributed by atoms with E-state index in [-0.39, 0.29) is 11.3 Å². The molecule has 102 valence electrons. The molecule has 1 aliphatic carbocycles. The van der Waals surface area contributed by atoms with Crippen LogP contribution in [-0.4, -0.2) is 10.4 Å². The summed E-state index contributed by atoms with van der Waals surface area (Å²) in [4.78, 5) is 25.3. The zero-order valence-electron chi connectivity index (χ0n) is 11.2. The molecule has 0 unspecified atom stereocenters. The number of halogens is 1. The van der Waals surface area contributed by atoms with Gasteiger partial charge in [-0.05, 0) is 12.1 Å². The first-order chi connectivity index (χ1) is 10.1. The fourth-order valence-electron chi connectivity index (χ4n) is 3.06. The standard InChI is InChI=1S/C17H10ClNO2/c1-19-15-11-4-2-3-5-12(11)16(20)14(15)10-7-6-9(18)8-13(10)17(19)21/h2-8H,1H3. The van der Waals surface area contributed by atoms with Gasteiger partial charge in [0.1, 0.15) is 0 Å². The first kappa shape index (κ1) is 12.4. The summed E-state index contributed by atoms with van der Waals surface area (Å²) in [6.07, 6.45) is 0. The molecule has 21 heavy (non-hydrogen) atoms. The van der Waals surface area contributed by atoms with Gasteiger partial charge in [0.2, 0.25) is 0 Å². The molecular formula is C17H10ClNO2. The van der Waals surface area contributed by atoms with E-state index in [9.17, 15) is 9.59 Å². The normalized spacial score (nSPS) is 12.6. The van der Waals surface area contributed by atoms with Gasteiger partial charge in [-0.1, -0.05) is 41.9 Å². The maximum Gasteiger partial charge on any atom is 0.258 e. The monoisotopic (exact) mass is 295 g/mol. The van der Waals surface area contributed by atoms with Crippen LogP contribution in [0.4, 0.5) is 0 Å². The van der Waals surface area contributed by atoms with Crippen molar-refractivity contribution in [2.45, 2.75) is 0 Å². The van der Waals surface area contributed by atoms with Crippen molar-refractivity contribution in [2.75, 3.05) is 0 Å². The number of pyridine rings is 1. The summed E-state index contributed by atoms with van der Waals surface area (Å²) in [5, 5.41) is 1.63. The minimum atomic E-state index is -0.143. The minimum absolute atomic E-state index is 0.0384. The second kappa shape index (κ2) is 4.06. The molecule has 4 heteroatoms. The van der Waals surface area contributed by atoms with Crippen molar-refractivity contribution in [2.24, 2.45) is 7.05 Å². The average molecular weight is 296 g/mol. The predicted molar refractivity (Wildman–Crippen MR) is 83.1 cm³/mol. The van der Waals surface area contributed by atoms with Gasteiger partial charge in [0.15, 0.2) is 5.78 Å². The third kappa shape index (κ3) is 1.49. The van der Waals surface area contributed by atoms with Gasteiger partial charge in [-0.2, -0.15) is 0 Å². The van der Waals surface area contributed by atoms with E-state index in [2.05, 4.69) is 0 Å². The lowest BCUT2D eigenvalue weighted by Gasteiger charge is -2.10. The van der Waals surface area contributed by atoms with Gasteiger partial charge < -0.3 is 4.57 Å². The lowest BCUT2D eigenvalue weighted by Crippen LogP contribution is -2.20. The number of fused-ring (bicyclic) bond motifs is 5. The average Bonchev–Trinajstić information content (AvgIpc) is 2.79. The highest BCUT2D eigenvalue weighted by atomic mass is 35.5. The van der Waals surface area contributed by atoms with Crippen molar-refractivity contribution in [1.29, 1.82) is 0 Å². The van der Waals surface area contributed by atoms with Crippen LogP contribution in [0.1, 0.15) is 15.9 Å². The molecule has 0 radical (unpaired) electrons. The van der Waals surface area contributed by atoms with Crippen LogP contribution in [0.3, 0.4) is 0 Å². The molecule has 1 aromatic heterocycles. The van der Waals surface area contributed by atoms with Gasteiger partial charge in [-0.25, -0.2) is 0 Å². The van der Waals surface area contributed by atoms with E-state index in [1.54, 1.807) is 31.3 Å². The number of hydrogen-bond acceptors (Lipinski definition) is 2. The number of carbonyl (C=O) groups is 1. The van der Waals surface area contributed by atoms with Crippen LogP contribution < -0.4 is 5.56 Å². The molecule has 0 saturated heterocycles. The van der Waals surface area contributed by atoms with Crippen molar-refractivity contribution in [3.63, 3.8) is 0 Å². The molecule has 0 saturated carbocycles. The zero-order valence-corrected chi connectivity index (χ0v) is 11.9. The third-order valence-electron chi connectivity index (χ3n) is 4.01. The molecule has 4 rings (SSSR count). The number of rotatable bonds is 0. The Bertz CT molecular complexity index is 1000. The highest BCUT2D eigenvalue weighted by Crippen LogP contribution is 2.38. The van der Waals surface area contributed by atoms with E-state index >= 15 is 0 Å². The smallest absolute Gasteiger partial charge is 0.258 e. The fraction of sp³-hybridized carbons (Fsp3) is 0.0588. The number of aromatic nitrogens is 1. The van der Waals surface area contributed by atoms with Gasteiger partial charge in [-0.3, -0.25) is 9.59 Å². The molecule has 0 spiro atoms. The van der Waals surface area contributed by atoms with Crippen molar-refractivity contribution in [3.05, 3.63) is 69.0 Å². The minimum Gasteiger partial charge on any atom is -0.310 e. The van der Waals surface area contributed by atoms with Crippen LogP contribution >= 0.6 is 11.6 Å². The second-order valence-electron chi connectivity index (χ2n) is 5.15. The van der Waals surface area contributed by atoms with Crippen LogP contribution in [0.5, 0.6) is 0 Å². The molecule has 0 N–H and O–H groups in total. The van der Waals surface area contributed by atoms with Gasteiger partial charge in [0.05, 0.1) is 11.3 Å². The number of nitrogens with zero attached hydrogens (tertiary/aromatic N) is 1. The fourth-order valence-corrected chi connectivity index (χ4v) is 3.23. The Balaban J connectivity index is 2.28. The molecule has 3 aromatic rings. The summed E-state index contributed by atoms with van der Waals surface area (Å²) in [5.41, 5.74) is 2.59. The topological polar surface area (TPSA) is 39.1 Å². The largest absolute Gasteiger partial charge is 0.310 e. The van der Waals surface area contributed by atoms with Crippen LogP contribution in [0.2, 0.25) is 5.02 Å². The number of benzene rings is 2. The summed E-state index contributed by atoms with van der Waals surface area (Å²) >= 11 is 5.99. The molecule has 1 heterocycles. The van der Waals surface area contributed by atoms with E-state index in [1.807, 2.05) is 18.2 Å². The predicted octanol–water partition coefficient (Wildman–Crippen LogP) is 3.40. The molecule has 0 amide bonds. The highest BCUT2D eigenvalue weighted by Gasteiger charge is 2.31. The quantitative estimate of drug-likeness (QED) is 0.499. The molecular weight excluding hydrogens is 286 g/mol. The molecule has 2 aromatic carbocycles. The lowest BCUT2D eigenvalue weighted by atomic mass is 10.0. The van der Waals surface area contributed by atoms with E-state index in [0.29, 0.717) is 32.6 Å². The first-order valence-electron chi connectivity index (χ1n) is 6.56. The Morgan fingerprint density at radius 3 is 2.43 bits per heavy atom. The molecule has 0 atom stereocenters. The molecule has 0 fully saturated rings. The molecule has 3 nitrogen and oxygen atoms in total. The van der Waals surface area contributed by atoms with Crippen LogP contribution in [0.25, 0.3) is 22.0 Å². The maximum atomic E-state index is 12.7. The molecule has 0 bridgehead atoms. The van der Waals surface area contributed by atoms with E-state index in [4.69, 9.17) is 11.6 Å². The van der Waals surface area contributed by atoms with Crippen molar-refractivity contribution < 1.29 is 4.79 Å². The SMILES string of the molecule is Cn1c2c(c3ccc(Cl)cc3c1=O)C(=O)c1ccccc1-2. The Morgan fingerprint density at radius 1 is 0.952 bits per heavy atom. The third-order valence-corrected chi connectivity index (χ3v) is 4.25. The molecule has 0 aliphatic heterocycles. The molecule has 1 aliphatic rings. The van der Waals surface area contributed by atoms with Crippen LogP contribution in [0, 0.1) is 0 Å². The van der Waals surface area contributed by atoms with Crippen LogP contribution in [-0.2, 0) is 7.05 Å². The number of ketones is 1. The first-order valence-corrected chi connectivity index (χ1v) is 6.94. The second-order valence-corrected chi connectivity index (χ2v) is 5.59. The summed E-state index contributed by atoms with van der Waals surface area (Å²) < 4.78 is 1.54. The summed E-state index contributed by atoms with van der Waals surface area (Å²) in [6.45, 7) is 0. The van der Waals surface area contributed by atoms with Crippen molar-refractivity contribution in [3.8, 4) is 11.3 Å². The van der Waals surface area contributed by atoms with E-state index in [0.717, 1.165) is 5.56 Å². The summed E-state index contributed by atoms with van der Waals surface area (Å²) in [5.74, 6) is -0.0384. The summed E-state index contributed by atoms with van der Waals surface area (Å²) in [7, 11) is 1.69. The number of hydrogen-bond donors (Lipinski definition) is 0. The zero-order chi connectivity index (χ0) is 14.7. The van der Waals surface area contributed by atoms with Crippen LogP contribution in [0.15, 0.2) is 47.3 Å². The Kier molecular flexibility index (Phi) is 2.39. The lowest BCUT2D eigenvalue weighted by molar-refractivity contribution is 0.104. The van der Waals surface area contributed by atoms with Crippen molar-refractivity contribution >= 4 is 28.2 Å². The Labute approximate surface area is 125 Å². The maximum absolute atomic E-state index is 12.7. The van der Waals surface area contributed by atoms with E-state index in [1.165, 1.54) is 4.57 Å². The Morgan fingerprint density at radius 2 is 1.67 bits per heavy atom. The van der Waals surface area contributed by atoms with Gasteiger partial charge >= 0.3 is 0 Å². The highest BCUT2D eigenvalue weighted by molar-refractivity contribution is 6.32. The van der Waals surface area contributed by atoms with E-state index < -0.39 is 0 Å². The van der Waals surface area contributed by atoms with Crippen molar-refractivity contribution in [1.82, 2.24) is 4.57 Å². The van der Waals surface area contributed by atoms with Gasteiger partial charge in [0.25, 0.3) is 5.56 Å². The van der Waals surface area contributed by atoms with Gasteiger partial charge in [-0.15, -0.1) is 0 Å².